The first kappa shape index (κ1) is 9.48. The van der Waals surface area contributed by atoms with Crippen molar-refractivity contribution < 1.29 is 9.90 Å². The molecule has 0 spiro atoms. The molecule has 0 radical (unpaired) electrons. The molecule has 0 aromatic heterocycles. The van der Waals surface area contributed by atoms with E-state index in [9.17, 15) is 4.79 Å². The van der Waals surface area contributed by atoms with Crippen molar-refractivity contribution in [3.63, 3.8) is 0 Å². The number of hydrogen-bond acceptors (Lipinski definition) is 3. The highest BCUT2D eigenvalue weighted by Gasteiger charge is 2.32. The van der Waals surface area contributed by atoms with Crippen LogP contribution in [0.4, 0.5) is 0 Å². The summed E-state index contributed by atoms with van der Waals surface area (Å²) in [7, 11) is 3.94. The Hall–Kier alpha value is -0.610. The molecule has 2 N–H and O–H groups in total. The number of carbonyl (C=O) groups is 1. The zero-order valence-electron chi connectivity index (χ0n) is 7.58. The van der Waals surface area contributed by atoms with Crippen LogP contribution in [0.25, 0.3) is 0 Å². The van der Waals surface area contributed by atoms with Gasteiger partial charge < -0.3 is 15.3 Å². The van der Waals surface area contributed by atoms with Gasteiger partial charge in [0.15, 0.2) is 0 Å². The summed E-state index contributed by atoms with van der Waals surface area (Å²) in [5.74, 6) is -0.461. The minimum absolute atomic E-state index is 0.262. The van der Waals surface area contributed by atoms with Crippen LogP contribution in [-0.4, -0.2) is 49.2 Å². The van der Waals surface area contributed by atoms with Gasteiger partial charge in [-0.25, -0.2) is 0 Å². The lowest BCUT2D eigenvalue weighted by Crippen LogP contribution is -2.39. The van der Waals surface area contributed by atoms with Crippen molar-refractivity contribution in [2.75, 3.05) is 27.2 Å². The Bertz CT molecular complexity index is 170. The molecule has 1 fully saturated rings. The number of hydrogen-bond donors (Lipinski definition) is 2. The number of rotatable bonds is 3. The Labute approximate surface area is 72.6 Å². The highest BCUT2D eigenvalue weighted by Crippen LogP contribution is 2.16. The van der Waals surface area contributed by atoms with Crippen LogP contribution in [-0.2, 0) is 4.79 Å². The normalized spacial score (nSPS) is 29.6. The summed E-state index contributed by atoms with van der Waals surface area (Å²) in [6.45, 7) is 1.68. The molecule has 4 heteroatoms. The summed E-state index contributed by atoms with van der Waals surface area (Å²) in [5, 5.41) is 11.8. The summed E-state index contributed by atoms with van der Waals surface area (Å²) < 4.78 is 0. The van der Waals surface area contributed by atoms with Gasteiger partial charge in [0.1, 0.15) is 6.04 Å². The van der Waals surface area contributed by atoms with Gasteiger partial charge in [-0.2, -0.15) is 0 Å². The maximum absolute atomic E-state index is 10.7. The van der Waals surface area contributed by atoms with Crippen LogP contribution in [0.2, 0.25) is 0 Å². The molecule has 12 heavy (non-hydrogen) atoms. The quantitative estimate of drug-likeness (QED) is 0.609. The van der Waals surface area contributed by atoms with Gasteiger partial charge in [-0.15, -0.1) is 0 Å². The maximum atomic E-state index is 10.7. The first-order chi connectivity index (χ1) is 5.61. The molecular formula is C8H16N2O2. The lowest BCUT2D eigenvalue weighted by molar-refractivity contribution is -0.140. The van der Waals surface area contributed by atoms with Gasteiger partial charge in [-0.1, -0.05) is 0 Å². The van der Waals surface area contributed by atoms with Gasteiger partial charge in [-0.05, 0) is 33.0 Å². The van der Waals surface area contributed by atoms with E-state index < -0.39 is 5.97 Å². The van der Waals surface area contributed by atoms with E-state index in [1.54, 1.807) is 0 Å². The molecule has 0 bridgehead atoms. The van der Waals surface area contributed by atoms with Crippen molar-refractivity contribution in [1.82, 2.24) is 10.2 Å². The molecule has 70 valence electrons. The van der Waals surface area contributed by atoms with Crippen molar-refractivity contribution in [3.05, 3.63) is 0 Å². The van der Waals surface area contributed by atoms with E-state index in [0.717, 1.165) is 19.5 Å². The fourth-order valence-electron chi connectivity index (χ4n) is 1.71. The van der Waals surface area contributed by atoms with Crippen molar-refractivity contribution in [3.8, 4) is 0 Å². The van der Waals surface area contributed by atoms with Gasteiger partial charge in [-0.3, -0.25) is 4.79 Å². The predicted molar refractivity (Wildman–Crippen MR) is 46.1 cm³/mol. The van der Waals surface area contributed by atoms with Crippen LogP contribution < -0.4 is 5.32 Å². The van der Waals surface area contributed by atoms with E-state index in [2.05, 4.69) is 5.32 Å². The summed E-state index contributed by atoms with van der Waals surface area (Å²) in [4.78, 5) is 12.7. The molecular weight excluding hydrogens is 156 g/mol. The molecule has 1 aliphatic rings. The largest absolute Gasteiger partial charge is 0.480 e. The van der Waals surface area contributed by atoms with Crippen LogP contribution in [0.3, 0.4) is 0 Å². The fourth-order valence-corrected chi connectivity index (χ4v) is 1.71. The molecule has 4 nitrogen and oxygen atoms in total. The highest BCUT2D eigenvalue weighted by molar-refractivity contribution is 5.74. The lowest BCUT2D eigenvalue weighted by atomic mass is 10.0. The van der Waals surface area contributed by atoms with E-state index in [4.69, 9.17) is 5.11 Å². The second kappa shape index (κ2) is 3.87. The number of nitrogens with one attached hydrogen (secondary N) is 1. The molecule has 0 aromatic carbocycles. The topological polar surface area (TPSA) is 52.6 Å². The molecule has 0 amide bonds. The average molecular weight is 172 g/mol. The van der Waals surface area contributed by atoms with Crippen LogP contribution in [0.1, 0.15) is 6.42 Å². The zero-order chi connectivity index (χ0) is 9.14. The summed E-state index contributed by atoms with van der Waals surface area (Å²) in [5.41, 5.74) is 0. The average Bonchev–Trinajstić information content (AvgIpc) is 2.33. The van der Waals surface area contributed by atoms with Crippen LogP contribution in [0.5, 0.6) is 0 Å². The Balaban J connectivity index is 2.46. The number of carboxylic acids is 1. The summed E-state index contributed by atoms with van der Waals surface area (Å²) in [6.07, 6.45) is 0.967. The van der Waals surface area contributed by atoms with Gasteiger partial charge >= 0.3 is 5.97 Å². The van der Waals surface area contributed by atoms with Gasteiger partial charge in [0.25, 0.3) is 0 Å². The van der Waals surface area contributed by atoms with Gasteiger partial charge in [0, 0.05) is 6.54 Å². The molecule has 1 saturated heterocycles. The van der Waals surface area contributed by atoms with E-state index >= 15 is 0 Å². The van der Waals surface area contributed by atoms with Crippen LogP contribution in [0, 0.1) is 5.92 Å². The van der Waals surface area contributed by atoms with Crippen molar-refractivity contribution in [2.45, 2.75) is 12.5 Å². The fraction of sp³-hybridized carbons (Fsp3) is 0.875. The number of nitrogens with zero attached hydrogens (tertiary/aromatic N) is 1. The third-order valence-corrected chi connectivity index (χ3v) is 2.22. The van der Waals surface area contributed by atoms with Crippen molar-refractivity contribution in [1.29, 1.82) is 0 Å². The van der Waals surface area contributed by atoms with Crippen LogP contribution >= 0.6 is 0 Å². The Morgan fingerprint density at radius 1 is 1.67 bits per heavy atom. The predicted octanol–water partition coefficient (Wildman–Crippen LogP) is -0.389. The molecule has 0 unspecified atom stereocenters. The SMILES string of the molecule is CN(C)C[C@@H]1CCN[C@@H]1C(=O)O. The molecule has 0 aromatic rings. The molecule has 1 aliphatic heterocycles. The third-order valence-electron chi connectivity index (χ3n) is 2.22. The molecule has 1 heterocycles. The minimum Gasteiger partial charge on any atom is -0.480 e. The Morgan fingerprint density at radius 2 is 2.33 bits per heavy atom. The highest BCUT2D eigenvalue weighted by atomic mass is 16.4. The second-order valence-corrected chi connectivity index (χ2v) is 3.58. The first-order valence-electron chi connectivity index (χ1n) is 4.22. The minimum atomic E-state index is -0.723. The number of aliphatic carboxylic acids is 1. The van der Waals surface area contributed by atoms with Crippen molar-refractivity contribution in [2.24, 2.45) is 5.92 Å². The molecule has 0 saturated carbocycles. The standard InChI is InChI=1S/C8H16N2O2/c1-10(2)5-6-3-4-9-7(6)8(11)12/h6-7,9H,3-5H2,1-2H3,(H,11,12)/t6-,7-/m0/s1. The zero-order valence-corrected chi connectivity index (χ0v) is 7.58. The monoisotopic (exact) mass is 172 g/mol. The maximum Gasteiger partial charge on any atom is 0.321 e. The Kier molecular flexibility index (Phi) is 3.05. The summed E-state index contributed by atoms with van der Waals surface area (Å²) in [6, 6.07) is -0.340. The van der Waals surface area contributed by atoms with Gasteiger partial charge in [0.05, 0.1) is 0 Å². The lowest BCUT2D eigenvalue weighted by Gasteiger charge is -2.19. The van der Waals surface area contributed by atoms with Gasteiger partial charge in [0.2, 0.25) is 0 Å². The summed E-state index contributed by atoms with van der Waals surface area (Å²) >= 11 is 0. The smallest absolute Gasteiger partial charge is 0.321 e. The van der Waals surface area contributed by atoms with E-state index in [1.807, 2.05) is 19.0 Å². The third kappa shape index (κ3) is 2.19. The first-order valence-corrected chi connectivity index (χ1v) is 4.22. The van der Waals surface area contributed by atoms with E-state index in [-0.39, 0.29) is 12.0 Å². The Morgan fingerprint density at radius 3 is 2.83 bits per heavy atom. The molecule has 0 aliphatic carbocycles. The second-order valence-electron chi connectivity index (χ2n) is 3.58. The number of carboxylic acid groups (broad SMARTS) is 1. The van der Waals surface area contributed by atoms with Crippen LogP contribution in [0.15, 0.2) is 0 Å². The van der Waals surface area contributed by atoms with E-state index in [1.165, 1.54) is 0 Å². The van der Waals surface area contributed by atoms with E-state index in [0.29, 0.717) is 0 Å². The molecule has 2 atom stereocenters. The van der Waals surface area contributed by atoms with Crippen molar-refractivity contribution >= 4 is 5.97 Å². The molecule has 1 rings (SSSR count).